The molecule has 1 amide bonds. The number of aliphatic hydroxyl groups excluding tert-OH is 1. The molecule has 0 saturated carbocycles. The Kier molecular flexibility index (Phi) is 5.46. The van der Waals surface area contributed by atoms with Crippen LogP contribution < -0.4 is 5.32 Å². The fraction of sp³-hybridized carbons (Fsp3) is 0.417. The average Bonchev–Trinajstić information content (AvgIpc) is 2.40. The molecule has 0 aromatic heterocycles. The molecule has 0 saturated heterocycles. The maximum absolute atomic E-state index is 14.0. The molecule has 2 N–H and O–H groups in total. The van der Waals surface area contributed by atoms with E-state index in [-0.39, 0.29) is 0 Å². The molecule has 112 valence electrons. The van der Waals surface area contributed by atoms with Crippen LogP contribution in [0.1, 0.15) is 12.5 Å². The van der Waals surface area contributed by atoms with Crippen LogP contribution in [0.2, 0.25) is 0 Å². The van der Waals surface area contributed by atoms with E-state index in [0.29, 0.717) is 4.47 Å². The van der Waals surface area contributed by atoms with Crippen LogP contribution in [0.15, 0.2) is 22.7 Å². The monoisotopic (exact) mass is 373 g/mol. The summed E-state index contributed by atoms with van der Waals surface area (Å²) in [5, 5.41) is 10.8. The zero-order valence-corrected chi connectivity index (χ0v) is 12.7. The summed E-state index contributed by atoms with van der Waals surface area (Å²) in [6.07, 6.45) is 0. The summed E-state index contributed by atoms with van der Waals surface area (Å²) in [5.41, 5.74) is -2.88. The summed E-state index contributed by atoms with van der Waals surface area (Å²) in [4.78, 5) is 11.4. The molecule has 1 atom stereocenters. The second-order valence-corrected chi connectivity index (χ2v) is 5.48. The molecule has 0 fully saturated rings. The molecule has 1 rings (SSSR count). The number of carbonyl (C=O) groups is 1. The van der Waals surface area contributed by atoms with E-state index in [1.807, 2.05) is 5.32 Å². The van der Waals surface area contributed by atoms with Crippen molar-refractivity contribution in [3.63, 3.8) is 0 Å². The first-order valence-corrected chi connectivity index (χ1v) is 6.82. The second kappa shape index (κ2) is 6.32. The standard InChI is InChI=1S/C12H12BrClF3NO2/c1-11(12(16,17)6-19,18-10(20)5-14)8-4-7(13)2-3-9(8)15/h2-4,19H,5-6H2,1H3,(H,18,20). The van der Waals surface area contributed by atoms with Crippen LogP contribution in [-0.2, 0) is 10.3 Å². The number of carbonyl (C=O) groups excluding carboxylic acids is 1. The summed E-state index contributed by atoms with van der Waals surface area (Å²) >= 11 is 8.34. The van der Waals surface area contributed by atoms with Crippen molar-refractivity contribution >= 4 is 33.4 Å². The Morgan fingerprint density at radius 3 is 2.60 bits per heavy atom. The van der Waals surface area contributed by atoms with E-state index in [1.54, 1.807) is 0 Å². The maximum Gasteiger partial charge on any atom is 0.297 e. The number of rotatable bonds is 5. The zero-order valence-electron chi connectivity index (χ0n) is 10.4. The van der Waals surface area contributed by atoms with Gasteiger partial charge in [-0.2, -0.15) is 0 Å². The van der Waals surface area contributed by atoms with Crippen LogP contribution in [0.4, 0.5) is 13.2 Å². The Labute approximate surface area is 127 Å². The van der Waals surface area contributed by atoms with Gasteiger partial charge >= 0.3 is 0 Å². The van der Waals surface area contributed by atoms with E-state index in [9.17, 15) is 18.0 Å². The van der Waals surface area contributed by atoms with Crippen molar-refractivity contribution < 1.29 is 23.1 Å². The Morgan fingerprint density at radius 1 is 1.50 bits per heavy atom. The number of amides is 1. The first-order valence-electron chi connectivity index (χ1n) is 5.49. The summed E-state index contributed by atoms with van der Waals surface area (Å²) in [5.74, 6) is -6.18. The SMILES string of the molecule is CC(NC(=O)CCl)(c1cc(Br)ccc1F)C(F)(F)CO. The smallest absolute Gasteiger partial charge is 0.297 e. The highest BCUT2D eigenvalue weighted by atomic mass is 79.9. The van der Waals surface area contributed by atoms with Gasteiger partial charge in [-0.3, -0.25) is 4.79 Å². The minimum Gasteiger partial charge on any atom is -0.390 e. The van der Waals surface area contributed by atoms with Crippen LogP contribution in [0.3, 0.4) is 0 Å². The molecule has 3 nitrogen and oxygen atoms in total. The van der Waals surface area contributed by atoms with Crippen molar-refractivity contribution in [2.75, 3.05) is 12.5 Å². The Hall–Kier alpha value is -0.790. The van der Waals surface area contributed by atoms with Crippen LogP contribution in [0.5, 0.6) is 0 Å². The normalized spacial score (nSPS) is 14.8. The number of hydrogen-bond donors (Lipinski definition) is 2. The minimum atomic E-state index is -3.78. The van der Waals surface area contributed by atoms with Gasteiger partial charge in [0.05, 0.1) is 0 Å². The van der Waals surface area contributed by atoms with Crippen LogP contribution >= 0.6 is 27.5 Å². The first kappa shape index (κ1) is 17.3. The van der Waals surface area contributed by atoms with Crippen molar-refractivity contribution in [3.8, 4) is 0 Å². The van der Waals surface area contributed by atoms with E-state index in [1.165, 1.54) is 6.07 Å². The number of hydrogen-bond acceptors (Lipinski definition) is 2. The molecule has 20 heavy (non-hydrogen) atoms. The number of benzene rings is 1. The van der Waals surface area contributed by atoms with Gasteiger partial charge in [0.1, 0.15) is 23.8 Å². The Bertz CT molecular complexity index is 515. The van der Waals surface area contributed by atoms with Crippen LogP contribution in [0.25, 0.3) is 0 Å². The lowest BCUT2D eigenvalue weighted by molar-refractivity contribution is -0.141. The van der Waals surface area contributed by atoms with Gasteiger partial charge in [0.15, 0.2) is 0 Å². The van der Waals surface area contributed by atoms with E-state index >= 15 is 0 Å². The third-order valence-electron chi connectivity index (χ3n) is 2.91. The predicted molar refractivity (Wildman–Crippen MR) is 72.3 cm³/mol. The molecule has 0 aliphatic heterocycles. The van der Waals surface area contributed by atoms with Crippen molar-refractivity contribution in [3.05, 3.63) is 34.1 Å². The lowest BCUT2D eigenvalue weighted by Crippen LogP contribution is -2.58. The first-order chi connectivity index (χ1) is 9.17. The van der Waals surface area contributed by atoms with Gasteiger partial charge in [0.2, 0.25) is 5.91 Å². The Balaban J connectivity index is 3.44. The fourth-order valence-corrected chi connectivity index (χ4v) is 2.13. The number of aliphatic hydroxyl groups is 1. The van der Waals surface area contributed by atoms with E-state index in [0.717, 1.165) is 19.1 Å². The fourth-order valence-electron chi connectivity index (χ4n) is 1.71. The number of alkyl halides is 3. The highest BCUT2D eigenvalue weighted by Crippen LogP contribution is 2.39. The van der Waals surface area contributed by atoms with Crippen LogP contribution in [-0.4, -0.2) is 29.4 Å². The summed E-state index contributed by atoms with van der Waals surface area (Å²) in [6, 6.07) is 3.44. The molecule has 0 radical (unpaired) electrons. The van der Waals surface area contributed by atoms with Gasteiger partial charge in [0, 0.05) is 10.0 Å². The molecule has 0 bridgehead atoms. The van der Waals surface area contributed by atoms with E-state index in [4.69, 9.17) is 16.7 Å². The van der Waals surface area contributed by atoms with Crippen molar-refractivity contribution in [1.82, 2.24) is 5.32 Å². The van der Waals surface area contributed by atoms with Gasteiger partial charge in [0.25, 0.3) is 5.92 Å². The molecular formula is C12H12BrClF3NO2. The van der Waals surface area contributed by atoms with Gasteiger partial charge in [-0.05, 0) is 25.1 Å². The van der Waals surface area contributed by atoms with Gasteiger partial charge in [-0.15, -0.1) is 11.6 Å². The van der Waals surface area contributed by atoms with Crippen molar-refractivity contribution in [2.24, 2.45) is 0 Å². The quantitative estimate of drug-likeness (QED) is 0.779. The Morgan fingerprint density at radius 2 is 2.10 bits per heavy atom. The van der Waals surface area contributed by atoms with Gasteiger partial charge in [-0.25, -0.2) is 13.2 Å². The molecule has 1 aromatic rings. The third-order valence-corrected chi connectivity index (χ3v) is 3.64. The molecule has 8 heteroatoms. The van der Waals surface area contributed by atoms with Gasteiger partial charge < -0.3 is 10.4 Å². The molecule has 1 unspecified atom stereocenters. The molecule has 0 spiro atoms. The summed E-state index contributed by atoms with van der Waals surface area (Å²) in [7, 11) is 0. The molecule has 0 aliphatic carbocycles. The molecule has 0 heterocycles. The predicted octanol–water partition coefficient (Wildman–Crippen LogP) is 2.79. The lowest BCUT2D eigenvalue weighted by Gasteiger charge is -2.37. The lowest BCUT2D eigenvalue weighted by atomic mass is 9.85. The van der Waals surface area contributed by atoms with E-state index in [2.05, 4.69) is 15.9 Å². The van der Waals surface area contributed by atoms with Gasteiger partial charge in [-0.1, -0.05) is 15.9 Å². The number of nitrogens with one attached hydrogen (secondary N) is 1. The minimum absolute atomic E-state index is 0.356. The summed E-state index contributed by atoms with van der Waals surface area (Å²) < 4.78 is 42.2. The highest BCUT2D eigenvalue weighted by molar-refractivity contribution is 9.10. The highest BCUT2D eigenvalue weighted by Gasteiger charge is 2.53. The van der Waals surface area contributed by atoms with Crippen molar-refractivity contribution in [2.45, 2.75) is 18.4 Å². The van der Waals surface area contributed by atoms with Crippen molar-refractivity contribution in [1.29, 1.82) is 0 Å². The second-order valence-electron chi connectivity index (χ2n) is 4.29. The maximum atomic E-state index is 14.0. The number of halogens is 5. The average molecular weight is 375 g/mol. The molecule has 1 aromatic carbocycles. The summed E-state index contributed by atoms with van der Waals surface area (Å²) in [6.45, 7) is -0.628. The van der Waals surface area contributed by atoms with Crippen LogP contribution in [0, 0.1) is 5.82 Å². The van der Waals surface area contributed by atoms with E-state index < -0.39 is 41.2 Å². The largest absolute Gasteiger partial charge is 0.390 e. The molecule has 0 aliphatic rings. The molecular weight excluding hydrogens is 362 g/mol. The topological polar surface area (TPSA) is 49.3 Å². The third kappa shape index (κ3) is 3.27. The zero-order chi connectivity index (χ0) is 15.6.